The molecule has 7 atom stereocenters. The number of hydrogen-bond acceptors (Lipinski definition) is 10. The van der Waals surface area contributed by atoms with Crippen molar-refractivity contribution in [3.05, 3.63) is 0 Å². The lowest BCUT2D eigenvalue weighted by atomic mass is 9.96. The van der Waals surface area contributed by atoms with Gasteiger partial charge >= 0.3 is 11.9 Å². The molecule has 1 rings (SSSR count). The summed E-state index contributed by atoms with van der Waals surface area (Å²) in [6.45, 7) is -0.0199. The highest BCUT2D eigenvalue weighted by Gasteiger charge is 2.48. The highest BCUT2D eigenvalue weighted by atomic mass is 16.6. The summed E-state index contributed by atoms with van der Waals surface area (Å²) in [4.78, 5) is 34.2. The Morgan fingerprint density at radius 1 is 1.21 bits per heavy atom. The van der Waals surface area contributed by atoms with Gasteiger partial charge in [-0.25, -0.2) is 4.79 Å². The van der Waals surface area contributed by atoms with Crippen LogP contribution in [-0.2, 0) is 19.1 Å². The Bertz CT molecular complexity index is 572. The van der Waals surface area contributed by atoms with E-state index in [4.69, 9.17) is 14.9 Å². The van der Waals surface area contributed by atoms with Crippen LogP contribution in [0.3, 0.4) is 0 Å². The molecular formula is C15H26N2O11. The standard InChI is InChI=1S/C15H26N2O11/c1-6(18)10(14(25)26)17-13(24)7(2-3-9(20)21)16-5-15(27)12(23)11(22)8(19)4-28-15/h6-8,10-12,16,18-19,22-23,27H,2-5H2,1H3,(H,17,24)(H,20,21)(H,25,26). The molecule has 1 saturated heterocycles. The van der Waals surface area contributed by atoms with Gasteiger partial charge in [-0.05, 0) is 13.3 Å². The zero-order valence-corrected chi connectivity index (χ0v) is 15.1. The van der Waals surface area contributed by atoms with E-state index in [1.54, 1.807) is 0 Å². The van der Waals surface area contributed by atoms with Crippen LogP contribution in [0.5, 0.6) is 0 Å². The fourth-order valence-corrected chi connectivity index (χ4v) is 2.55. The van der Waals surface area contributed by atoms with E-state index in [0.29, 0.717) is 0 Å². The predicted octanol–water partition coefficient (Wildman–Crippen LogP) is -4.44. The lowest BCUT2D eigenvalue weighted by Crippen LogP contribution is -2.65. The van der Waals surface area contributed by atoms with Crippen LogP contribution >= 0.6 is 0 Å². The zero-order valence-electron chi connectivity index (χ0n) is 15.1. The SMILES string of the molecule is CC(O)C(NC(=O)C(CCC(=O)O)NCC1(O)OCC(O)C(O)C1O)C(=O)O. The number of carbonyl (C=O) groups excluding carboxylic acids is 1. The first kappa shape index (κ1) is 24.2. The number of aliphatic hydroxyl groups is 5. The first-order chi connectivity index (χ1) is 12.9. The van der Waals surface area contributed by atoms with E-state index in [0.717, 1.165) is 6.92 Å². The van der Waals surface area contributed by atoms with Gasteiger partial charge in [0.25, 0.3) is 0 Å². The van der Waals surface area contributed by atoms with E-state index in [-0.39, 0.29) is 6.42 Å². The Labute approximate surface area is 159 Å². The molecular weight excluding hydrogens is 384 g/mol. The molecule has 1 aliphatic rings. The average molecular weight is 410 g/mol. The van der Waals surface area contributed by atoms with E-state index in [2.05, 4.69) is 5.32 Å². The van der Waals surface area contributed by atoms with Crippen molar-refractivity contribution in [2.45, 2.75) is 62.1 Å². The van der Waals surface area contributed by atoms with Crippen LogP contribution in [0.2, 0.25) is 0 Å². The van der Waals surface area contributed by atoms with Gasteiger partial charge in [0, 0.05) is 6.42 Å². The van der Waals surface area contributed by atoms with Gasteiger partial charge in [0.1, 0.15) is 18.3 Å². The normalized spacial score (nSPS) is 30.9. The number of carboxylic acids is 2. The third-order valence-corrected chi connectivity index (χ3v) is 4.30. The van der Waals surface area contributed by atoms with Gasteiger partial charge in [0.05, 0.1) is 25.3 Å². The lowest BCUT2D eigenvalue weighted by Gasteiger charge is -2.42. The van der Waals surface area contributed by atoms with Crippen LogP contribution < -0.4 is 10.6 Å². The molecule has 13 heteroatoms. The number of carbonyl (C=O) groups is 3. The van der Waals surface area contributed by atoms with Crippen molar-refractivity contribution >= 4 is 17.8 Å². The summed E-state index contributed by atoms with van der Waals surface area (Å²) in [5.74, 6) is -6.11. The molecule has 0 aromatic carbocycles. The van der Waals surface area contributed by atoms with Crippen molar-refractivity contribution in [3.8, 4) is 0 Å². The Morgan fingerprint density at radius 3 is 2.32 bits per heavy atom. The molecule has 1 aliphatic heterocycles. The first-order valence-corrected chi connectivity index (χ1v) is 8.46. The molecule has 0 aromatic rings. The molecule has 162 valence electrons. The topological polar surface area (TPSA) is 226 Å². The number of ether oxygens (including phenoxy) is 1. The minimum atomic E-state index is -2.39. The quantitative estimate of drug-likeness (QED) is 0.166. The van der Waals surface area contributed by atoms with Crippen LogP contribution in [0.15, 0.2) is 0 Å². The first-order valence-electron chi connectivity index (χ1n) is 8.46. The van der Waals surface area contributed by atoms with Gasteiger partial charge in [-0.2, -0.15) is 0 Å². The summed E-state index contributed by atoms with van der Waals surface area (Å²) in [5, 5.41) is 71.1. The molecule has 9 N–H and O–H groups in total. The molecule has 0 bridgehead atoms. The Kier molecular flexibility index (Phi) is 8.69. The fraction of sp³-hybridized carbons (Fsp3) is 0.800. The second-order valence-electron chi connectivity index (χ2n) is 6.59. The molecule has 28 heavy (non-hydrogen) atoms. The summed E-state index contributed by atoms with van der Waals surface area (Å²) in [6, 6.07) is -2.99. The third-order valence-electron chi connectivity index (χ3n) is 4.30. The van der Waals surface area contributed by atoms with E-state index in [1.807, 2.05) is 5.32 Å². The number of hydrogen-bond donors (Lipinski definition) is 9. The molecule has 0 spiro atoms. The molecule has 0 radical (unpaired) electrons. The number of nitrogens with one attached hydrogen (secondary N) is 2. The molecule has 0 aliphatic carbocycles. The Balaban J connectivity index is 2.85. The number of aliphatic carboxylic acids is 2. The number of amides is 1. The van der Waals surface area contributed by atoms with E-state index >= 15 is 0 Å². The van der Waals surface area contributed by atoms with Crippen molar-refractivity contribution in [3.63, 3.8) is 0 Å². The van der Waals surface area contributed by atoms with E-state index in [1.165, 1.54) is 0 Å². The predicted molar refractivity (Wildman–Crippen MR) is 88.8 cm³/mol. The van der Waals surface area contributed by atoms with Crippen LogP contribution in [0.1, 0.15) is 19.8 Å². The maximum atomic E-state index is 12.3. The van der Waals surface area contributed by atoms with Crippen LogP contribution in [-0.4, -0.2) is 109 Å². The third kappa shape index (κ3) is 6.34. The van der Waals surface area contributed by atoms with Gasteiger partial charge in [0.2, 0.25) is 11.7 Å². The van der Waals surface area contributed by atoms with Crippen LogP contribution in [0.4, 0.5) is 0 Å². The minimum absolute atomic E-state index is 0.315. The number of carboxylic acid groups (broad SMARTS) is 2. The second-order valence-corrected chi connectivity index (χ2v) is 6.59. The monoisotopic (exact) mass is 410 g/mol. The van der Waals surface area contributed by atoms with Crippen LogP contribution in [0.25, 0.3) is 0 Å². The van der Waals surface area contributed by atoms with Crippen molar-refractivity contribution in [1.82, 2.24) is 10.6 Å². The Morgan fingerprint density at radius 2 is 1.82 bits per heavy atom. The zero-order chi connectivity index (χ0) is 21.6. The summed E-state index contributed by atoms with van der Waals surface area (Å²) in [7, 11) is 0. The Hall–Kier alpha value is -1.87. The van der Waals surface area contributed by atoms with Crippen molar-refractivity contribution in [2.75, 3.05) is 13.2 Å². The summed E-state index contributed by atoms with van der Waals surface area (Å²) in [5.41, 5.74) is 0. The van der Waals surface area contributed by atoms with Crippen LogP contribution in [0, 0.1) is 0 Å². The maximum Gasteiger partial charge on any atom is 0.328 e. The highest BCUT2D eigenvalue weighted by molar-refractivity contribution is 5.87. The second kappa shape index (κ2) is 10.1. The largest absolute Gasteiger partial charge is 0.481 e. The summed E-state index contributed by atoms with van der Waals surface area (Å²) >= 11 is 0. The molecule has 1 amide bonds. The number of aliphatic hydroxyl groups excluding tert-OH is 4. The van der Waals surface area contributed by atoms with E-state index in [9.17, 15) is 39.9 Å². The summed E-state index contributed by atoms with van der Waals surface area (Å²) < 4.78 is 4.92. The van der Waals surface area contributed by atoms with Crippen molar-refractivity contribution < 1.29 is 54.9 Å². The molecule has 0 saturated carbocycles. The van der Waals surface area contributed by atoms with Gasteiger partial charge in [-0.3, -0.25) is 9.59 Å². The van der Waals surface area contributed by atoms with Gasteiger partial charge in [-0.1, -0.05) is 0 Å². The molecule has 7 unspecified atom stereocenters. The van der Waals surface area contributed by atoms with Gasteiger partial charge in [0.15, 0.2) is 6.04 Å². The minimum Gasteiger partial charge on any atom is -0.481 e. The van der Waals surface area contributed by atoms with Gasteiger partial charge < -0.3 is 51.1 Å². The number of rotatable bonds is 10. The smallest absolute Gasteiger partial charge is 0.328 e. The summed E-state index contributed by atoms with van der Waals surface area (Å²) in [6.07, 6.45) is -7.34. The average Bonchev–Trinajstić information content (AvgIpc) is 2.60. The van der Waals surface area contributed by atoms with Crippen molar-refractivity contribution in [2.24, 2.45) is 0 Å². The highest BCUT2D eigenvalue weighted by Crippen LogP contribution is 2.23. The van der Waals surface area contributed by atoms with E-state index < -0.39 is 79.7 Å². The molecule has 1 fully saturated rings. The molecule has 1 heterocycles. The molecule has 13 nitrogen and oxygen atoms in total. The fourth-order valence-electron chi connectivity index (χ4n) is 2.55. The lowest BCUT2D eigenvalue weighted by molar-refractivity contribution is -0.318. The van der Waals surface area contributed by atoms with Crippen molar-refractivity contribution in [1.29, 1.82) is 0 Å². The molecule has 0 aromatic heterocycles. The maximum absolute atomic E-state index is 12.3. The van der Waals surface area contributed by atoms with Gasteiger partial charge in [-0.15, -0.1) is 0 Å².